The molecule has 0 spiro atoms. The van der Waals surface area contributed by atoms with Gasteiger partial charge in [0.05, 0.1) is 6.26 Å². The summed E-state index contributed by atoms with van der Waals surface area (Å²) in [5.74, 6) is 1.02. The van der Waals surface area contributed by atoms with Gasteiger partial charge in [0.15, 0.2) is 0 Å². The second-order valence-electron chi connectivity index (χ2n) is 3.69. The third-order valence-corrected chi connectivity index (χ3v) is 2.27. The van der Waals surface area contributed by atoms with E-state index in [1.54, 1.807) is 6.26 Å². The summed E-state index contributed by atoms with van der Waals surface area (Å²) in [6.45, 7) is 2.15. The lowest BCUT2D eigenvalue weighted by Crippen LogP contribution is -2.17. The van der Waals surface area contributed by atoms with Gasteiger partial charge in [0.2, 0.25) is 0 Å². The van der Waals surface area contributed by atoms with Crippen molar-refractivity contribution >= 4 is 5.69 Å². The van der Waals surface area contributed by atoms with Gasteiger partial charge in [-0.25, -0.2) is 0 Å². The van der Waals surface area contributed by atoms with Crippen molar-refractivity contribution in [3.05, 3.63) is 54.5 Å². The number of anilines is 1. The molecule has 1 unspecified atom stereocenters. The molecule has 0 aliphatic rings. The first-order valence-corrected chi connectivity index (χ1v) is 5.18. The lowest BCUT2D eigenvalue weighted by atomic mass is 10.2. The zero-order chi connectivity index (χ0) is 10.5. The van der Waals surface area contributed by atoms with Crippen molar-refractivity contribution in [2.75, 3.05) is 5.32 Å². The fraction of sp³-hybridized carbons (Fsp3) is 0.231. The van der Waals surface area contributed by atoms with Crippen molar-refractivity contribution < 1.29 is 4.42 Å². The third kappa shape index (κ3) is 2.88. The molecule has 0 amide bonds. The van der Waals surface area contributed by atoms with Crippen LogP contribution in [0.3, 0.4) is 0 Å². The van der Waals surface area contributed by atoms with Crippen molar-refractivity contribution in [3.8, 4) is 0 Å². The van der Waals surface area contributed by atoms with Crippen LogP contribution in [0, 0.1) is 0 Å². The van der Waals surface area contributed by atoms with E-state index in [4.69, 9.17) is 4.42 Å². The Kier molecular flexibility index (Phi) is 3.08. The van der Waals surface area contributed by atoms with Gasteiger partial charge in [0.25, 0.3) is 0 Å². The summed E-state index contributed by atoms with van der Waals surface area (Å²) in [4.78, 5) is 0. The van der Waals surface area contributed by atoms with Gasteiger partial charge < -0.3 is 9.73 Å². The van der Waals surface area contributed by atoms with Crippen LogP contribution in [0.15, 0.2) is 53.1 Å². The first-order chi connectivity index (χ1) is 7.34. The third-order valence-electron chi connectivity index (χ3n) is 2.27. The molecule has 0 radical (unpaired) electrons. The minimum absolute atomic E-state index is 0.374. The average molecular weight is 201 g/mol. The molecular weight excluding hydrogens is 186 g/mol. The highest BCUT2D eigenvalue weighted by Crippen LogP contribution is 2.10. The highest BCUT2D eigenvalue weighted by Gasteiger charge is 2.04. The molecule has 1 aromatic carbocycles. The molecule has 0 aliphatic heterocycles. The molecule has 1 heterocycles. The van der Waals surface area contributed by atoms with Crippen molar-refractivity contribution in [2.24, 2.45) is 0 Å². The molecule has 15 heavy (non-hydrogen) atoms. The van der Waals surface area contributed by atoms with Gasteiger partial charge in [-0.15, -0.1) is 0 Å². The summed E-state index contributed by atoms with van der Waals surface area (Å²) in [6, 6.07) is 14.5. The topological polar surface area (TPSA) is 25.2 Å². The predicted molar refractivity (Wildman–Crippen MR) is 61.9 cm³/mol. The van der Waals surface area contributed by atoms with Crippen molar-refractivity contribution in [2.45, 2.75) is 19.4 Å². The second kappa shape index (κ2) is 4.69. The van der Waals surface area contributed by atoms with Gasteiger partial charge in [-0.3, -0.25) is 0 Å². The van der Waals surface area contributed by atoms with Crippen LogP contribution in [0.25, 0.3) is 0 Å². The zero-order valence-corrected chi connectivity index (χ0v) is 8.81. The average Bonchev–Trinajstić information content (AvgIpc) is 2.71. The second-order valence-corrected chi connectivity index (χ2v) is 3.69. The summed E-state index contributed by atoms with van der Waals surface area (Å²) < 4.78 is 5.30. The number of benzene rings is 1. The Balaban J connectivity index is 1.90. The maximum Gasteiger partial charge on any atom is 0.105 e. The van der Waals surface area contributed by atoms with Gasteiger partial charge >= 0.3 is 0 Å². The number of nitrogens with one attached hydrogen (secondary N) is 1. The molecule has 2 aromatic rings. The largest absolute Gasteiger partial charge is 0.469 e. The maximum atomic E-state index is 5.30. The van der Waals surface area contributed by atoms with Gasteiger partial charge in [-0.2, -0.15) is 0 Å². The van der Waals surface area contributed by atoms with Crippen LogP contribution in [-0.2, 0) is 6.42 Å². The fourth-order valence-electron chi connectivity index (χ4n) is 1.60. The molecule has 2 nitrogen and oxygen atoms in total. The Hall–Kier alpha value is -1.70. The van der Waals surface area contributed by atoms with Crippen LogP contribution in [0.1, 0.15) is 12.7 Å². The van der Waals surface area contributed by atoms with Crippen molar-refractivity contribution in [1.82, 2.24) is 0 Å². The van der Waals surface area contributed by atoms with E-state index in [9.17, 15) is 0 Å². The molecule has 0 saturated heterocycles. The molecule has 0 fully saturated rings. The van der Waals surface area contributed by atoms with Crippen LogP contribution >= 0.6 is 0 Å². The Morgan fingerprint density at radius 2 is 1.93 bits per heavy atom. The number of para-hydroxylation sites is 1. The quantitative estimate of drug-likeness (QED) is 0.820. The minimum Gasteiger partial charge on any atom is -0.469 e. The standard InChI is InChI=1S/C13H15NO/c1-11(10-13-8-5-9-15-13)14-12-6-3-2-4-7-12/h2-9,11,14H,10H2,1H3. The van der Waals surface area contributed by atoms with Gasteiger partial charge in [0.1, 0.15) is 5.76 Å². The normalized spacial score (nSPS) is 12.3. The van der Waals surface area contributed by atoms with E-state index >= 15 is 0 Å². The minimum atomic E-state index is 0.374. The van der Waals surface area contributed by atoms with Gasteiger partial charge in [0, 0.05) is 18.2 Å². The van der Waals surface area contributed by atoms with E-state index in [2.05, 4.69) is 24.4 Å². The zero-order valence-electron chi connectivity index (χ0n) is 8.81. The molecule has 78 valence electrons. The van der Waals surface area contributed by atoms with Crippen molar-refractivity contribution in [1.29, 1.82) is 0 Å². The first-order valence-electron chi connectivity index (χ1n) is 5.18. The lowest BCUT2D eigenvalue weighted by Gasteiger charge is -2.13. The molecule has 2 heteroatoms. The highest BCUT2D eigenvalue weighted by molar-refractivity contribution is 5.43. The van der Waals surface area contributed by atoms with E-state index in [1.807, 2.05) is 30.3 Å². The first kappa shape index (κ1) is 9.84. The lowest BCUT2D eigenvalue weighted by molar-refractivity contribution is 0.498. The molecule has 1 atom stereocenters. The Labute approximate surface area is 89.9 Å². The SMILES string of the molecule is CC(Cc1ccco1)Nc1ccccc1. The summed E-state index contributed by atoms with van der Waals surface area (Å²) in [6.07, 6.45) is 2.62. The van der Waals surface area contributed by atoms with E-state index < -0.39 is 0 Å². The Bertz CT molecular complexity index is 380. The molecule has 0 saturated carbocycles. The van der Waals surface area contributed by atoms with E-state index in [1.165, 1.54) is 0 Å². The monoisotopic (exact) mass is 201 g/mol. The van der Waals surface area contributed by atoms with Crippen LogP contribution in [0.5, 0.6) is 0 Å². The fourth-order valence-corrected chi connectivity index (χ4v) is 1.60. The smallest absolute Gasteiger partial charge is 0.105 e. The number of hydrogen-bond donors (Lipinski definition) is 1. The molecule has 1 aromatic heterocycles. The van der Waals surface area contributed by atoms with Crippen LogP contribution < -0.4 is 5.32 Å². The van der Waals surface area contributed by atoms with Gasteiger partial charge in [-0.1, -0.05) is 18.2 Å². The summed E-state index contributed by atoms with van der Waals surface area (Å²) in [5.41, 5.74) is 1.15. The van der Waals surface area contributed by atoms with Crippen LogP contribution in [-0.4, -0.2) is 6.04 Å². The van der Waals surface area contributed by atoms with Crippen molar-refractivity contribution in [3.63, 3.8) is 0 Å². The summed E-state index contributed by atoms with van der Waals surface area (Å²) >= 11 is 0. The Morgan fingerprint density at radius 1 is 1.13 bits per heavy atom. The molecular formula is C13H15NO. The maximum absolute atomic E-state index is 5.30. The summed E-state index contributed by atoms with van der Waals surface area (Å²) in [5, 5.41) is 3.42. The van der Waals surface area contributed by atoms with Gasteiger partial charge in [-0.05, 0) is 31.2 Å². The summed E-state index contributed by atoms with van der Waals surface area (Å²) in [7, 11) is 0. The molecule has 1 N–H and O–H groups in total. The number of furan rings is 1. The number of rotatable bonds is 4. The molecule has 2 rings (SSSR count). The van der Waals surface area contributed by atoms with E-state index in [0.29, 0.717) is 6.04 Å². The number of hydrogen-bond acceptors (Lipinski definition) is 2. The van der Waals surface area contributed by atoms with E-state index in [-0.39, 0.29) is 0 Å². The van der Waals surface area contributed by atoms with Crippen LogP contribution in [0.2, 0.25) is 0 Å². The molecule has 0 bridgehead atoms. The van der Waals surface area contributed by atoms with Crippen LogP contribution in [0.4, 0.5) is 5.69 Å². The van der Waals surface area contributed by atoms with E-state index in [0.717, 1.165) is 17.9 Å². The molecule has 0 aliphatic carbocycles. The highest BCUT2D eigenvalue weighted by atomic mass is 16.3. The predicted octanol–water partition coefficient (Wildman–Crippen LogP) is 3.32. The Morgan fingerprint density at radius 3 is 2.60 bits per heavy atom.